The molecule has 0 fully saturated rings. The van der Waals surface area contributed by atoms with Crippen molar-refractivity contribution in [2.24, 2.45) is 11.6 Å². The summed E-state index contributed by atoms with van der Waals surface area (Å²) in [6, 6.07) is 3.98. The molecule has 6 nitrogen and oxygen atoms in total. The number of carbonyl (C=O) groups is 1. The molecule has 1 heterocycles. The van der Waals surface area contributed by atoms with Gasteiger partial charge in [-0.3, -0.25) is 9.52 Å². The summed E-state index contributed by atoms with van der Waals surface area (Å²) in [7, 11) is 1.31. The largest absolute Gasteiger partial charge is 0.468 e. The summed E-state index contributed by atoms with van der Waals surface area (Å²) >= 11 is 6.50. The quantitative estimate of drug-likeness (QED) is 0.289. The van der Waals surface area contributed by atoms with Crippen molar-refractivity contribution >= 4 is 45.2 Å². The monoisotopic (exact) mass is 366 g/mol. The van der Waals surface area contributed by atoms with Crippen LogP contribution in [-0.2, 0) is 9.53 Å². The van der Waals surface area contributed by atoms with Gasteiger partial charge in [0.05, 0.1) is 15.1 Å². The van der Waals surface area contributed by atoms with Crippen molar-refractivity contribution in [1.29, 1.82) is 0 Å². The van der Waals surface area contributed by atoms with E-state index in [9.17, 15) is 4.79 Å². The second-order valence-electron chi connectivity index (χ2n) is 3.43. The summed E-state index contributed by atoms with van der Waals surface area (Å²) in [5, 5.41) is 1.19. The predicted molar refractivity (Wildman–Crippen MR) is 81.1 cm³/mol. The summed E-state index contributed by atoms with van der Waals surface area (Å²) in [4.78, 5) is 11.0. The van der Waals surface area contributed by atoms with E-state index in [-0.39, 0.29) is 6.54 Å². The molecule has 0 saturated heterocycles. The Morgan fingerprint density at radius 1 is 1.68 bits per heavy atom. The molecule has 0 aliphatic rings. The van der Waals surface area contributed by atoms with E-state index in [4.69, 9.17) is 11.6 Å². The van der Waals surface area contributed by atoms with Gasteiger partial charge < -0.3 is 15.5 Å². The number of hydrogen-bond acceptors (Lipinski definition) is 8. The number of nitrogens with zero attached hydrogens (tertiary/aromatic N) is 1. The van der Waals surface area contributed by atoms with Crippen molar-refractivity contribution in [2.45, 2.75) is 4.21 Å². The number of ether oxygens (including phenoxy) is 1. The molecule has 5 N–H and O–H groups in total. The molecule has 0 saturated carbocycles. The van der Waals surface area contributed by atoms with Crippen LogP contribution in [-0.4, -0.2) is 31.2 Å². The van der Waals surface area contributed by atoms with E-state index in [1.165, 1.54) is 30.3 Å². The van der Waals surface area contributed by atoms with Crippen LogP contribution in [0.25, 0.3) is 0 Å². The zero-order valence-electron chi connectivity index (χ0n) is 10.3. The Morgan fingerprint density at radius 3 is 3.00 bits per heavy atom. The van der Waals surface area contributed by atoms with Crippen LogP contribution in [0.2, 0.25) is 0 Å². The Hall–Kier alpha value is -0.740. The fourth-order valence-electron chi connectivity index (χ4n) is 1.06. The number of nitrogens with one attached hydrogen (secondary N) is 1. The number of thiophene rings is 1. The number of hydrazine groups is 1. The molecule has 0 amide bonds. The average Bonchev–Trinajstić information content (AvgIpc) is 2.74. The molecule has 19 heavy (non-hydrogen) atoms. The van der Waals surface area contributed by atoms with E-state index < -0.39 is 5.97 Å². The van der Waals surface area contributed by atoms with Crippen LogP contribution in [0.5, 0.6) is 0 Å². The van der Waals surface area contributed by atoms with Crippen LogP contribution in [0.15, 0.2) is 32.0 Å². The summed E-state index contributed by atoms with van der Waals surface area (Å²) in [5.74, 6) is 5.16. The number of rotatable bonds is 7. The normalized spacial score (nSPS) is 11.4. The highest BCUT2D eigenvalue weighted by atomic mass is 79.9. The summed E-state index contributed by atoms with van der Waals surface area (Å²) in [5.41, 5.74) is 6.29. The number of carbonyl (C=O) groups excluding carboxylic acids is 1. The van der Waals surface area contributed by atoms with Crippen molar-refractivity contribution in [3.63, 3.8) is 0 Å². The molecule has 1 aromatic rings. The van der Waals surface area contributed by atoms with Crippen molar-refractivity contribution < 1.29 is 9.53 Å². The SMILES string of the molecule is COC(=O)CN(N)/C=C(\N)CNSc1ccc(Br)s1. The molecule has 0 unspecified atom stereocenters. The maximum atomic E-state index is 11.0. The predicted octanol–water partition coefficient (Wildman–Crippen LogP) is 1.26. The first kappa shape index (κ1) is 16.3. The van der Waals surface area contributed by atoms with Crippen LogP contribution >= 0.6 is 39.2 Å². The Bertz CT molecular complexity index is 452. The smallest absolute Gasteiger partial charge is 0.326 e. The van der Waals surface area contributed by atoms with Gasteiger partial charge in [-0.15, -0.1) is 11.3 Å². The molecule has 0 aliphatic heterocycles. The molecule has 0 radical (unpaired) electrons. The lowest BCUT2D eigenvalue weighted by Crippen LogP contribution is -2.33. The Morgan fingerprint density at radius 2 is 2.42 bits per heavy atom. The third kappa shape index (κ3) is 6.83. The van der Waals surface area contributed by atoms with E-state index in [1.54, 1.807) is 11.3 Å². The van der Waals surface area contributed by atoms with E-state index in [0.717, 1.165) is 8.00 Å². The highest BCUT2D eigenvalue weighted by molar-refractivity contribution is 9.11. The van der Waals surface area contributed by atoms with E-state index in [1.807, 2.05) is 12.1 Å². The first-order chi connectivity index (χ1) is 9.01. The molecule has 1 aromatic heterocycles. The number of methoxy groups -OCH3 is 1. The topological polar surface area (TPSA) is 93.6 Å². The molecule has 106 valence electrons. The fourth-order valence-corrected chi connectivity index (χ4v) is 3.63. The van der Waals surface area contributed by atoms with Crippen LogP contribution in [0.4, 0.5) is 0 Å². The minimum Gasteiger partial charge on any atom is -0.468 e. The second-order valence-corrected chi connectivity index (χ2v) is 7.09. The van der Waals surface area contributed by atoms with Gasteiger partial charge in [0.25, 0.3) is 0 Å². The van der Waals surface area contributed by atoms with Gasteiger partial charge in [-0.05, 0) is 40.0 Å². The van der Waals surface area contributed by atoms with Gasteiger partial charge in [0, 0.05) is 18.4 Å². The van der Waals surface area contributed by atoms with Crippen molar-refractivity contribution in [3.8, 4) is 0 Å². The van der Waals surface area contributed by atoms with Gasteiger partial charge in [-0.1, -0.05) is 0 Å². The lowest BCUT2D eigenvalue weighted by molar-refractivity contribution is -0.141. The van der Waals surface area contributed by atoms with Crippen LogP contribution in [0.3, 0.4) is 0 Å². The second kappa shape index (κ2) is 8.43. The average molecular weight is 367 g/mol. The first-order valence-electron chi connectivity index (χ1n) is 5.20. The number of hydrogen-bond donors (Lipinski definition) is 3. The summed E-state index contributed by atoms with van der Waals surface area (Å²) in [6.07, 6.45) is 1.49. The lowest BCUT2D eigenvalue weighted by Gasteiger charge is -2.13. The van der Waals surface area contributed by atoms with Gasteiger partial charge in [-0.25, -0.2) is 5.84 Å². The van der Waals surface area contributed by atoms with Gasteiger partial charge in [0.1, 0.15) is 6.54 Å². The van der Waals surface area contributed by atoms with E-state index in [2.05, 4.69) is 25.4 Å². The van der Waals surface area contributed by atoms with Crippen molar-refractivity contribution in [2.75, 3.05) is 20.2 Å². The summed E-state index contributed by atoms with van der Waals surface area (Å²) in [6.45, 7) is 0.414. The molecule has 0 atom stereocenters. The molecule has 0 spiro atoms. The third-order valence-electron chi connectivity index (χ3n) is 1.87. The Kier molecular flexibility index (Phi) is 7.24. The summed E-state index contributed by atoms with van der Waals surface area (Å²) < 4.78 is 9.79. The van der Waals surface area contributed by atoms with Crippen molar-refractivity contribution in [3.05, 3.63) is 27.8 Å². The third-order valence-corrected chi connectivity index (χ3v) is 4.41. The number of esters is 1. The minimum absolute atomic E-state index is 0.0395. The first-order valence-corrected chi connectivity index (χ1v) is 7.63. The molecule has 1 rings (SSSR count). The molecule has 0 aliphatic carbocycles. The van der Waals surface area contributed by atoms with E-state index >= 15 is 0 Å². The lowest BCUT2D eigenvalue weighted by atomic mass is 10.5. The molecule has 0 aromatic carbocycles. The van der Waals surface area contributed by atoms with E-state index in [0.29, 0.717) is 12.2 Å². The number of nitrogens with two attached hydrogens (primary N) is 2. The van der Waals surface area contributed by atoms with Gasteiger partial charge in [0.15, 0.2) is 0 Å². The Labute approximate surface area is 128 Å². The van der Waals surface area contributed by atoms with Crippen LogP contribution in [0, 0.1) is 0 Å². The highest BCUT2D eigenvalue weighted by Gasteiger charge is 2.04. The molecular weight excluding hydrogens is 352 g/mol. The zero-order valence-corrected chi connectivity index (χ0v) is 13.5. The maximum absolute atomic E-state index is 11.0. The van der Waals surface area contributed by atoms with Crippen LogP contribution in [0.1, 0.15) is 0 Å². The molecule has 0 bridgehead atoms. The maximum Gasteiger partial charge on any atom is 0.326 e. The Balaban J connectivity index is 2.29. The standard InChI is InChI=1S/C10H15BrN4O2S2/c1-17-9(16)6-15(13)5-7(12)4-14-19-10-3-2-8(11)18-10/h2-3,5,14H,4,6,12-13H2,1H3/b7-5-. The zero-order chi connectivity index (χ0) is 14.3. The fraction of sp³-hybridized carbons (Fsp3) is 0.300. The van der Waals surface area contributed by atoms with Crippen molar-refractivity contribution in [1.82, 2.24) is 9.73 Å². The van der Waals surface area contributed by atoms with Gasteiger partial charge in [-0.2, -0.15) is 0 Å². The van der Waals surface area contributed by atoms with Crippen LogP contribution < -0.4 is 16.3 Å². The highest BCUT2D eigenvalue weighted by Crippen LogP contribution is 2.28. The number of halogens is 1. The molecule has 9 heteroatoms. The van der Waals surface area contributed by atoms with Gasteiger partial charge >= 0.3 is 5.97 Å². The van der Waals surface area contributed by atoms with Gasteiger partial charge in [0.2, 0.25) is 0 Å². The minimum atomic E-state index is -0.419. The molecular formula is C10H15BrN4O2S2.